The van der Waals surface area contributed by atoms with E-state index in [-0.39, 0.29) is 29.5 Å². The minimum absolute atomic E-state index is 0.0463. The van der Waals surface area contributed by atoms with Crippen LogP contribution in [0.1, 0.15) is 43.0 Å². The van der Waals surface area contributed by atoms with Gasteiger partial charge in [-0.05, 0) is 38.3 Å². The predicted octanol–water partition coefficient (Wildman–Crippen LogP) is 1.62. The zero-order chi connectivity index (χ0) is 18.4. The van der Waals surface area contributed by atoms with Gasteiger partial charge in [-0.1, -0.05) is 18.2 Å². The summed E-state index contributed by atoms with van der Waals surface area (Å²) in [6.07, 6.45) is 3.24. The van der Waals surface area contributed by atoms with Crippen molar-refractivity contribution in [2.24, 2.45) is 0 Å². The largest absolute Gasteiger partial charge is 0.349 e. The Morgan fingerprint density at radius 2 is 1.88 bits per heavy atom. The third-order valence-corrected chi connectivity index (χ3v) is 6.21. The van der Waals surface area contributed by atoms with Crippen LogP contribution in [-0.4, -0.2) is 55.8 Å². The van der Waals surface area contributed by atoms with Gasteiger partial charge in [0.25, 0.3) is 5.91 Å². The number of nitrogens with one attached hydrogen (secondary N) is 1. The molecule has 2 amide bonds. The second-order valence-electron chi connectivity index (χ2n) is 6.71. The van der Waals surface area contributed by atoms with Gasteiger partial charge in [0.05, 0.1) is 5.25 Å². The Kier molecular flexibility index (Phi) is 6.58. The lowest BCUT2D eigenvalue weighted by Crippen LogP contribution is -2.39. The Morgan fingerprint density at radius 3 is 2.52 bits per heavy atom. The molecular formula is C18H26N2O4S. The predicted molar refractivity (Wildman–Crippen MR) is 97.1 cm³/mol. The summed E-state index contributed by atoms with van der Waals surface area (Å²) >= 11 is 0. The summed E-state index contributed by atoms with van der Waals surface area (Å²) < 4.78 is 23.4. The summed E-state index contributed by atoms with van der Waals surface area (Å²) in [5, 5.41) is 2.47. The molecule has 0 saturated carbocycles. The van der Waals surface area contributed by atoms with Crippen molar-refractivity contribution in [3.63, 3.8) is 0 Å². The van der Waals surface area contributed by atoms with E-state index >= 15 is 0 Å². The average Bonchev–Trinajstić information content (AvgIpc) is 2.81. The van der Waals surface area contributed by atoms with Crippen LogP contribution >= 0.6 is 0 Å². The van der Waals surface area contributed by atoms with Gasteiger partial charge in [0.2, 0.25) is 5.91 Å². The minimum atomic E-state index is -3.06. The van der Waals surface area contributed by atoms with Gasteiger partial charge in [-0.2, -0.15) is 0 Å². The van der Waals surface area contributed by atoms with Gasteiger partial charge in [0.1, 0.15) is 9.84 Å². The van der Waals surface area contributed by atoms with E-state index in [9.17, 15) is 18.0 Å². The molecule has 0 bridgehead atoms. The molecule has 2 atom stereocenters. The fourth-order valence-electron chi connectivity index (χ4n) is 3.08. The number of carbonyl (C=O) groups excluding carboxylic acids is 2. The Hall–Kier alpha value is -1.89. The second-order valence-corrected chi connectivity index (χ2v) is 9.03. The number of rotatable bonds is 5. The van der Waals surface area contributed by atoms with Gasteiger partial charge < -0.3 is 10.2 Å². The molecule has 1 aromatic rings. The van der Waals surface area contributed by atoms with Crippen molar-refractivity contribution < 1.29 is 18.0 Å². The van der Waals surface area contributed by atoms with Crippen molar-refractivity contribution >= 4 is 21.7 Å². The van der Waals surface area contributed by atoms with Crippen LogP contribution in [0.15, 0.2) is 30.3 Å². The van der Waals surface area contributed by atoms with Gasteiger partial charge in [-0.15, -0.1) is 0 Å². The van der Waals surface area contributed by atoms with E-state index in [2.05, 4.69) is 5.32 Å². The lowest BCUT2D eigenvalue weighted by molar-refractivity contribution is -0.131. The topological polar surface area (TPSA) is 83.6 Å². The molecular weight excluding hydrogens is 340 g/mol. The standard InChI is InChI=1S/C18H26N2O4S/c1-14(19-18(22)15-7-4-3-5-8-15)13-17(21)20-11-6-9-16(10-12-20)25(2,23)24/h3-5,7-8,14,16H,6,9-13H2,1-2H3,(H,19,22). The quantitative estimate of drug-likeness (QED) is 0.858. The molecule has 1 aliphatic heterocycles. The summed E-state index contributed by atoms with van der Waals surface area (Å²) in [6, 6.07) is 8.59. The van der Waals surface area contributed by atoms with Crippen molar-refractivity contribution in [1.29, 1.82) is 0 Å². The molecule has 2 unspecified atom stereocenters. The van der Waals surface area contributed by atoms with E-state index in [0.717, 1.165) is 0 Å². The number of nitrogens with zero attached hydrogens (tertiary/aromatic N) is 1. The van der Waals surface area contributed by atoms with Crippen LogP contribution < -0.4 is 5.32 Å². The summed E-state index contributed by atoms with van der Waals surface area (Å²) in [4.78, 5) is 26.3. The van der Waals surface area contributed by atoms with Crippen LogP contribution in [0.25, 0.3) is 0 Å². The van der Waals surface area contributed by atoms with Gasteiger partial charge >= 0.3 is 0 Å². The first kappa shape index (κ1) is 19.4. The number of hydrogen-bond acceptors (Lipinski definition) is 4. The molecule has 1 heterocycles. The summed E-state index contributed by atoms with van der Waals surface area (Å²) in [6.45, 7) is 2.83. The number of hydrogen-bond donors (Lipinski definition) is 1. The molecule has 0 aliphatic carbocycles. The van der Waals surface area contributed by atoms with E-state index in [4.69, 9.17) is 0 Å². The smallest absolute Gasteiger partial charge is 0.251 e. The molecule has 1 N–H and O–H groups in total. The fourth-order valence-corrected chi connectivity index (χ4v) is 4.21. The van der Waals surface area contributed by atoms with Crippen molar-refractivity contribution in [2.75, 3.05) is 19.3 Å². The molecule has 0 aromatic heterocycles. The number of sulfone groups is 1. The lowest BCUT2D eigenvalue weighted by Gasteiger charge is -2.23. The number of benzene rings is 1. The molecule has 1 aliphatic rings. The molecule has 25 heavy (non-hydrogen) atoms. The molecule has 1 fully saturated rings. The van der Waals surface area contributed by atoms with Crippen LogP contribution in [0.4, 0.5) is 0 Å². The zero-order valence-corrected chi connectivity index (χ0v) is 15.6. The lowest BCUT2D eigenvalue weighted by atomic mass is 10.1. The van der Waals surface area contributed by atoms with E-state index < -0.39 is 9.84 Å². The van der Waals surface area contributed by atoms with Crippen LogP contribution in [0, 0.1) is 0 Å². The monoisotopic (exact) mass is 366 g/mol. The van der Waals surface area contributed by atoms with Gasteiger partial charge in [0, 0.05) is 37.4 Å². The number of carbonyl (C=O) groups is 2. The normalized spacial score (nSPS) is 19.8. The Bertz CT molecular complexity index is 703. The first-order chi connectivity index (χ1) is 11.8. The third-order valence-electron chi connectivity index (χ3n) is 4.53. The van der Waals surface area contributed by atoms with Gasteiger partial charge in [0.15, 0.2) is 0 Å². The van der Waals surface area contributed by atoms with Crippen LogP contribution in [0.3, 0.4) is 0 Å². The zero-order valence-electron chi connectivity index (χ0n) is 14.8. The maximum atomic E-state index is 12.5. The van der Waals surface area contributed by atoms with Gasteiger partial charge in [-0.3, -0.25) is 9.59 Å². The molecule has 0 radical (unpaired) electrons. The third kappa shape index (κ3) is 5.85. The van der Waals surface area contributed by atoms with Crippen LogP contribution in [0.2, 0.25) is 0 Å². The minimum Gasteiger partial charge on any atom is -0.349 e. The van der Waals surface area contributed by atoms with E-state index in [1.54, 1.807) is 36.1 Å². The highest BCUT2D eigenvalue weighted by atomic mass is 32.2. The first-order valence-corrected chi connectivity index (χ1v) is 10.6. The van der Waals surface area contributed by atoms with Crippen molar-refractivity contribution in [3.05, 3.63) is 35.9 Å². The Morgan fingerprint density at radius 1 is 1.20 bits per heavy atom. The number of likely N-dealkylation sites (tertiary alicyclic amines) is 1. The molecule has 138 valence electrons. The molecule has 6 nitrogen and oxygen atoms in total. The van der Waals surface area contributed by atoms with E-state index in [1.807, 2.05) is 6.07 Å². The molecule has 0 spiro atoms. The van der Waals surface area contributed by atoms with Crippen molar-refractivity contribution in [3.8, 4) is 0 Å². The summed E-state index contributed by atoms with van der Waals surface area (Å²) in [7, 11) is -3.06. The first-order valence-electron chi connectivity index (χ1n) is 8.60. The van der Waals surface area contributed by atoms with Crippen molar-refractivity contribution in [1.82, 2.24) is 10.2 Å². The average molecular weight is 366 g/mol. The maximum Gasteiger partial charge on any atom is 0.251 e. The number of amides is 2. The van der Waals surface area contributed by atoms with Gasteiger partial charge in [-0.25, -0.2) is 8.42 Å². The van der Waals surface area contributed by atoms with Crippen LogP contribution in [0.5, 0.6) is 0 Å². The maximum absolute atomic E-state index is 12.5. The molecule has 1 aromatic carbocycles. The SMILES string of the molecule is CC(CC(=O)N1CCCC(S(C)(=O)=O)CC1)NC(=O)c1ccccc1. The highest BCUT2D eigenvalue weighted by Gasteiger charge is 2.27. The summed E-state index contributed by atoms with van der Waals surface area (Å²) in [5.74, 6) is -0.246. The highest BCUT2D eigenvalue weighted by molar-refractivity contribution is 7.91. The Balaban J connectivity index is 1.85. The van der Waals surface area contributed by atoms with E-state index in [0.29, 0.717) is 37.9 Å². The molecule has 7 heteroatoms. The second kappa shape index (κ2) is 8.47. The fraction of sp³-hybridized carbons (Fsp3) is 0.556. The molecule has 2 rings (SSSR count). The Labute approximate surface area is 149 Å². The van der Waals surface area contributed by atoms with Crippen LogP contribution in [-0.2, 0) is 14.6 Å². The molecule has 1 saturated heterocycles. The van der Waals surface area contributed by atoms with Crippen molar-refractivity contribution in [2.45, 2.75) is 43.9 Å². The summed E-state index contributed by atoms with van der Waals surface area (Å²) in [5.41, 5.74) is 0.563. The van der Waals surface area contributed by atoms with E-state index in [1.165, 1.54) is 6.26 Å². The highest BCUT2D eigenvalue weighted by Crippen LogP contribution is 2.18.